The Kier molecular flexibility index (Phi) is 4.16. The fourth-order valence-corrected chi connectivity index (χ4v) is 2.54. The summed E-state index contributed by atoms with van der Waals surface area (Å²) in [5, 5.41) is 11.5. The van der Waals surface area contributed by atoms with Crippen molar-refractivity contribution < 1.29 is 14.7 Å². The summed E-state index contributed by atoms with van der Waals surface area (Å²) >= 11 is 5.93. The topological polar surface area (TPSA) is 52.0 Å². The molecule has 1 aliphatic rings. The lowest BCUT2D eigenvalue weighted by atomic mass is 10.1. The highest BCUT2D eigenvalue weighted by molar-refractivity contribution is 6.30. The third kappa shape index (κ3) is 3.19. The maximum atomic E-state index is 11.0. The first-order valence-corrected chi connectivity index (χ1v) is 6.52. The van der Waals surface area contributed by atoms with Crippen LogP contribution < -0.4 is 9.80 Å². The van der Waals surface area contributed by atoms with E-state index in [4.69, 9.17) is 11.6 Å². The molecular weight excluding hydrogens is 254 g/mol. The van der Waals surface area contributed by atoms with Gasteiger partial charge in [0.1, 0.15) is 32.7 Å². The number of nitrogens with one attached hydrogen (secondary N) is 2. The largest absolute Gasteiger partial charge is 0.328 e. The van der Waals surface area contributed by atoms with Crippen molar-refractivity contribution in [2.75, 3.05) is 33.2 Å². The Balaban J connectivity index is 2.12. The Morgan fingerprint density at radius 1 is 1.33 bits per heavy atom. The van der Waals surface area contributed by atoms with E-state index in [1.165, 1.54) is 15.9 Å². The molecule has 18 heavy (non-hydrogen) atoms. The molecule has 0 atom stereocenters. The Bertz CT molecular complexity index is 445. The number of nitro benzene ring substituents is 1. The predicted molar refractivity (Wildman–Crippen MR) is 69.1 cm³/mol. The van der Waals surface area contributed by atoms with Crippen molar-refractivity contribution in [1.29, 1.82) is 0 Å². The van der Waals surface area contributed by atoms with Gasteiger partial charge in [0.15, 0.2) is 0 Å². The molecule has 1 aliphatic heterocycles. The van der Waals surface area contributed by atoms with Crippen LogP contribution in [0, 0.1) is 10.1 Å². The van der Waals surface area contributed by atoms with Crippen LogP contribution in [-0.2, 0) is 6.54 Å². The fraction of sp³-hybridized carbons (Fsp3) is 0.500. The van der Waals surface area contributed by atoms with Crippen LogP contribution in [0.5, 0.6) is 0 Å². The monoisotopic (exact) mass is 271 g/mol. The van der Waals surface area contributed by atoms with E-state index in [-0.39, 0.29) is 10.6 Å². The van der Waals surface area contributed by atoms with E-state index in [2.05, 4.69) is 7.05 Å². The molecule has 1 aromatic carbocycles. The van der Waals surface area contributed by atoms with E-state index >= 15 is 0 Å². The van der Waals surface area contributed by atoms with Gasteiger partial charge in [-0.15, -0.1) is 0 Å². The summed E-state index contributed by atoms with van der Waals surface area (Å²) in [5.41, 5.74) is 0.917. The van der Waals surface area contributed by atoms with Gasteiger partial charge in [0.2, 0.25) is 0 Å². The summed E-state index contributed by atoms with van der Waals surface area (Å²) < 4.78 is 0. The molecule has 1 saturated heterocycles. The van der Waals surface area contributed by atoms with Gasteiger partial charge in [-0.2, -0.15) is 0 Å². The molecule has 1 fully saturated rings. The quantitative estimate of drug-likeness (QED) is 0.557. The lowest BCUT2D eigenvalue weighted by Crippen LogP contribution is -3.26. The highest BCUT2D eigenvalue weighted by Crippen LogP contribution is 2.21. The minimum atomic E-state index is -0.327. The van der Waals surface area contributed by atoms with Gasteiger partial charge in [0.25, 0.3) is 5.69 Å². The molecule has 2 rings (SSSR count). The van der Waals surface area contributed by atoms with Gasteiger partial charge in [0, 0.05) is 11.1 Å². The normalized spacial score (nSPS) is 23.9. The van der Waals surface area contributed by atoms with Gasteiger partial charge in [-0.1, -0.05) is 11.6 Å². The Morgan fingerprint density at radius 3 is 2.61 bits per heavy atom. The zero-order valence-electron chi connectivity index (χ0n) is 10.4. The van der Waals surface area contributed by atoms with Crippen LogP contribution in [0.2, 0.25) is 5.02 Å². The molecule has 0 unspecified atom stereocenters. The summed E-state index contributed by atoms with van der Waals surface area (Å²) in [6.07, 6.45) is 0. The average Bonchev–Trinajstić information content (AvgIpc) is 2.32. The van der Waals surface area contributed by atoms with Gasteiger partial charge < -0.3 is 9.80 Å². The highest BCUT2D eigenvalue weighted by Gasteiger charge is 2.23. The van der Waals surface area contributed by atoms with Crippen molar-refractivity contribution in [2.45, 2.75) is 6.54 Å². The van der Waals surface area contributed by atoms with Crippen LogP contribution >= 0.6 is 11.6 Å². The first-order chi connectivity index (χ1) is 8.56. The molecule has 2 N–H and O–H groups in total. The first kappa shape index (κ1) is 13.3. The number of quaternary nitrogens is 2. The third-order valence-electron chi connectivity index (χ3n) is 3.49. The Hall–Kier alpha value is -1.17. The Morgan fingerprint density at radius 2 is 2.00 bits per heavy atom. The van der Waals surface area contributed by atoms with Crippen molar-refractivity contribution in [3.8, 4) is 0 Å². The van der Waals surface area contributed by atoms with E-state index in [1.807, 2.05) is 0 Å². The van der Waals surface area contributed by atoms with Crippen LogP contribution in [0.3, 0.4) is 0 Å². The molecule has 6 heteroatoms. The molecule has 1 aromatic rings. The van der Waals surface area contributed by atoms with Crippen molar-refractivity contribution in [2.24, 2.45) is 0 Å². The second-order valence-electron chi connectivity index (χ2n) is 4.91. The van der Waals surface area contributed by atoms with Gasteiger partial charge in [-0.05, 0) is 12.1 Å². The lowest BCUT2D eigenvalue weighted by molar-refractivity contribution is -1.01. The maximum absolute atomic E-state index is 11.0. The minimum Gasteiger partial charge on any atom is -0.328 e. The standard InChI is InChI=1S/C12H16ClN3O2/c1-14-4-6-15(7-5-14)9-10-8-11(13)2-3-12(10)16(17)18/h2-3,8H,4-7,9H2,1H3/p+2. The summed E-state index contributed by atoms with van der Waals surface area (Å²) in [6.45, 7) is 5.02. The van der Waals surface area contributed by atoms with Gasteiger partial charge in [-0.3, -0.25) is 10.1 Å². The number of piperazine rings is 1. The van der Waals surface area contributed by atoms with Crippen LogP contribution in [0.4, 0.5) is 5.69 Å². The summed E-state index contributed by atoms with van der Waals surface area (Å²) in [5.74, 6) is 0. The molecule has 0 bridgehead atoms. The van der Waals surface area contributed by atoms with E-state index < -0.39 is 0 Å². The van der Waals surface area contributed by atoms with Crippen molar-refractivity contribution in [3.05, 3.63) is 38.9 Å². The molecule has 98 valence electrons. The third-order valence-corrected chi connectivity index (χ3v) is 3.72. The average molecular weight is 272 g/mol. The van der Waals surface area contributed by atoms with E-state index in [0.717, 1.165) is 31.7 Å². The van der Waals surface area contributed by atoms with E-state index in [1.54, 1.807) is 12.1 Å². The first-order valence-electron chi connectivity index (χ1n) is 6.14. The summed E-state index contributed by atoms with van der Waals surface area (Å²) in [4.78, 5) is 13.6. The number of hydrogen-bond donors (Lipinski definition) is 2. The van der Waals surface area contributed by atoms with E-state index in [0.29, 0.717) is 11.6 Å². The SMILES string of the molecule is C[NH+]1CC[NH+](Cc2cc(Cl)ccc2[N+](=O)[O-])CC1. The summed E-state index contributed by atoms with van der Waals surface area (Å²) in [7, 11) is 2.18. The highest BCUT2D eigenvalue weighted by atomic mass is 35.5. The van der Waals surface area contributed by atoms with Gasteiger partial charge >= 0.3 is 0 Å². The molecule has 1 heterocycles. The van der Waals surface area contributed by atoms with Crippen LogP contribution in [0.25, 0.3) is 0 Å². The summed E-state index contributed by atoms with van der Waals surface area (Å²) in [6, 6.07) is 4.79. The van der Waals surface area contributed by atoms with Crippen molar-refractivity contribution in [1.82, 2.24) is 0 Å². The smallest absolute Gasteiger partial charge is 0.278 e. The predicted octanol–water partition coefficient (Wildman–Crippen LogP) is -0.839. The number of benzene rings is 1. The second kappa shape index (κ2) is 5.65. The van der Waals surface area contributed by atoms with E-state index in [9.17, 15) is 10.1 Å². The molecule has 0 aromatic heterocycles. The van der Waals surface area contributed by atoms with Crippen molar-refractivity contribution in [3.63, 3.8) is 0 Å². The molecule has 5 nitrogen and oxygen atoms in total. The zero-order valence-corrected chi connectivity index (χ0v) is 11.2. The molecular formula is C12H18ClN3O2+2. The molecule has 0 radical (unpaired) electrons. The number of hydrogen-bond acceptors (Lipinski definition) is 2. The number of nitrogens with zero attached hydrogens (tertiary/aromatic N) is 1. The fourth-order valence-electron chi connectivity index (χ4n) is 2.35. The maximum Gasteiger partial charge on any atom is 0.278 e. The second-order valence-corrected chi connectivity index (χ2v) is 5.35. The van der Waals surface area contributed by atoms with Crippen LogP contribution in [0.1, 0.15) is 5.56 Å². The minimum absolute atomic E-state index is 0.179. The van der Waals surface area contributed by atoms with Crippen LogP contribution in [-0.4, -0.2) is 38.2 Å². The van der Waals surface area contributed by atoms with Gasteiger partial charge in [-0.25, -0.2) is 0 Å². The lowest BCUT2D eigenvalue weighted by Gasteiger charge is -2.27. The van der Waals surface area contributed by atoms with Gasteiger partial charge in [0.05, 0.1) is 17.5 Å². The van der Waals surface area contributed by atoms with Crippen LogP contribution in [0.15, 0.2) is 18.2 Å². The Labute approximate surface area is 111 Å². The molecule has 0 spiro atoms. The number of rotatable bonds is 3. The van der Waals surface area contributed by atoms with Crippen molar-refractivity contribution >= 4 is 17.3 Å². The molecule has 0 amide bonds. The molecule has 0 aliphatic carbocycles. The zero-order chi connectivity index (χ0) is 13.1. The number of halogens is 1. The molecule has 0 saturated carbocycles. The number of likely N-dealkylation sites (N-methyl/N-ethyl adjacent to an activating group) is 1. The number of nitro groups is 1.